The molecule has 0 spiro atoms. The summed E-state index contributed by atoms with van der Waals surface area (Å²) in [6, 6.07) is -0.953. The summed E-state index contributed by atoms with van der Waals surface area (Å²) < 4.78 is 49.3. The second-order valence-electron chi connectivity index (χ2n) is 17.4. The molecule has 0 saturated carbocycles. The van der Waals surface area contributed by atoms with Crippen LogP contribution in [0.3, 0.4) is 0 Å². The molecule has 0 radical (unpaired) electrons. The van der Waals surface area contributed by atoms with Crippen LogP contribution in [0.5, 0.6) is 0 Å². The van der Waals surface area contributed by atoms with E-state index < -0.39 is 59.9 Å². The van der Waals surface area contributed by atoms with Gasteiger partial charge in [-0.3, -0.25) is 8.98 Å². The third-order valence-corrected chi connectivity index (χ3v) is 12.2. The van der Waals surface area contributed by atoms with Crippen LogP contribution in [0.25, 0.3) is 0 Å². The number of quaternary nitrogens is 1. The number of hydrogen-bond acceptors (Lipinski definition) is 11. The van der Waals surface area contributed by atoms with Crippen LogP contribution in [-0.4, -0.2) is 95.4 Å². The Bertz CT molecular complexity index is 1190. The molecule has 1 fully saturated rings. The summed E-state index contributed by atoms with van der Waals surface area (Å²) >= 11 is 0. The molecule has 0 aromatic carbocycles. The summed E-state index contributed by atoms with van der Waals surface area (Å²) in [7, 11) is -5.33. The Hall–Kier alpha value is -1.46. The Morgan fingerprint density at radius 2 is 1.06 bits per heavy atom. The first-order chi connectivity index (χ1) is 29.5. The Kier molecular flexibility index (Phi) is 40.0. The lowest BCUT2D eigenvalue weighted by atomic mass is 9.99. The summed E-state index contributed by atoms with van der Waals surface area (Å²) in [5.74, 6) is -0.271. The minimum atomic E-state index is -5.33. The third kappa shape index (κ3) is 33.1. The fourth-order valence-corrected chi connectivity index (χ4v) is 8.36. The highest BCUT2D eigenvalue weighted by molar-refractivity contribution is 7.80. The second kappa shape index (κ2) is 41.0. The molecule has 0 unspecified atom stereocenters. The summed E-state index contributed by atoms with van der Waals surface area (Å²) in [5, 5.41) is 44.6. The van der Waals surface area contributed by atoms with Gasteiger partial charge in [-0.1, -0.05) is 192 Å². The predicted molar refractivity (Wildman–Crippen MR) is 250 cm³/mol. The predicted octanol–water partition coefficient (Wildman–Crippen LogP) is 10.1. The molecular weight excluding hydrogens is 813 g/mol. The molecule has 13 nitrogen and oxygen atoms in total. The minimum absolute atomic E-state index is 0. The molecule has 14 heteroatoms. The molecule has 0 bridgehead atoms. The number of carbonyl (C=O) groups excluding carboxylic acids is 1. The average molecular weight is 907 g/mol. The zero-order chi connectivity index (χ0) is 44.8. The zero-order valence-corrected chi connectivity index (χ0v) is 40.3. The van der Waals surface area contributed by atoms with Crippen LogP contribution < -0.4 is 11.5 Å². The number of rotatable bonds is 42. The quantitative estimate of drug-likeness (QED) is 0.0146. The van der Waals surface area contributed by atoms with Gasteiger partial charge in [0, 0.05) is 6.42 Å². The van der Waals surface area contributed by atoms with Crippen molar-refractivity contribution in [1.82, 2.24) is 11.5 Å². The van der Waals surface area contributed by atoms with E-state index in [2.05, 4.69) is 35.5 Å². The SMILES string of the molecule is CCCCCCCC/C=C\CCCCCCCCCCCCCC(=O)N[C@@H](CO[C@@H]1O[C@H](CO)[C@H](O)[C@H](OS(=O)(=O)[O-])[C@H]1O)[C@H](O)/C=C/CCCCCCCCCCCCC.[NH4+]. The maximum Gasteiger partial charge on any atom is 0.220 e. The van der Waals surface area contributed by atoms with Gasteiger partial charge in [-0.05, 0) is 44.9 Å². The van der Waals surface area contributed by atoms with Crippen LogP contribution in [0.4, 0.5) is 0 Å². The number of nitrogens with one attached hydrogen (secondary N) is 1. The van der Waals surface area contributed by atoms with Crippen molar-refractivity contribution < 1.29 is 51.8 Å². The highest BCUT2D eigenvalue weighted by Crippen LogP contribution is 2.26. The second-order valence-corrected chi connectivity index (χ2v) is 18.4. The van der Waals surface area contributed by atoms with Gasteiger partial charge in [-0.2, -0.15) is 0 Å². The molecule has 62 heavy (non-hydrogen) atoms. The van der Waals surface area contributed by atoms with Crippen LogP contribution in [0.2, 0.25) is 0 Å². The van der Waals surface area contributed by atoms with Crippen molar-refractivity contribution in [2.45, 2.75) is 262 Å². The Balaban J connectivity index is 0.0000372. The molecule has 7 atom stereocenters. The Labute approximate surface area is 378 Å². The van der Waals surface area contributed by atoms with E-state index in [0.29, 0.717) is 6.42 Å². The molecule has 368 valence electrons. The van der Waals surface area contributed by atoms with Crippen LogP contribution in [0.15, 0.2) is 24.3 Å². The van der Waals surface area contributed by atoms with Crippen molar-refractivity contribution in [2.75, 3.05) is 13.2 Å². The van der Waals surface area contributed by atoms with E-state index in [-0.39, 0.29) is 25.1 Å². The Morgan fingerprint density at radius 3 is 1.48 bits per heavy atom. The zero-order valence-electron chi connectivity index (χ0n) is 39.4. The van der Waals surface area contributed by atoms with E-state index in [1.54, 1.807) is 6.08 Å². The van der Waals surface area contributed by atoms with E-state index in [0.717, 1.165) is 38.5 Å². The van der Waals surface area contributed by atoms with Crippen LogP contribution in [0, 0.1) is 0 Å². The summed E-state index contributed by atoms with van der Waals surface area (Å²) in [6.45, 7) is 3.35. The van der Waals surface area contributed by atoms with Crippen molar-refractivity contribution in [3.63, 3.8) is 0 Å². The largest absolute Gasteiger partial charge is 0.726 e. The molecule has 1 amide bonds. The average Bonchev–Trinajstić information content (AvgIpc) is 3.23. The van der Waals surface area contributed by atoms with E-state index in [4.69, 9.17) is 9.47 Å². The smallest absolute Gasteiger partial charge is 0.220 e. The first-order valence-electron chi connectivity index (χ1n) is 24.7. The number of unbranched alkanes of at least 4 members (excludes halogenated alkanes) is 28. The topological polar surface area (TPSA) is 231 Å². The Morgan fingerprint density at radius 1 is 0.661 bits per heavy atom. The maximum absolute atomic E-state index is 13.0. The van der Waals surface area contributed by atoms with Crippen molar-refractivity contribution in [3.05, 3.63) is 24.3 Å². The molecule has 9 N–H and O–H groups in total. The van der Waals surface area contributed by atoms with Gasteiger partial charge in [0.15, 0.2) is 6.29 Å². The van der Waals surface area contributed by atoms with E-state index in [9.17, 15) is 38.2 Å². The molecule has 1 heterocycles. The van der Waals surface area contributed by atoms with Crippen molar-refractivity contribution in [3.8, 4) is 0 Å². The standard InChI is InChI=1S/C48H91NO11S.H3N/c1-3-5-7-9-11-13-15-17-18-19-20-21-22-23-24-26-28-30-32-34-36-38-44(52)49-41(42(51)37-35-33-31-29-27-25-16-14-12-10-8-6-4-2)40-58-48-46(54)47(60-61(55,56)57)45(53)43(39-50)59-48;/h17-18,35,37,41-43,45-48,50-51,53-54H,3-16,19-34,36,38-40H2,1-2H3,(H,49,52)(H,55,56,57);1H3/b18-17-,37-35+;/t41-,42+,43+,45-,46+,47-,48+;/m0./s1. The minimum Gasteiger partial charge on any atom is -0.726 e. The van der Waals surface area contributed by atoms with Gasteiger partial charge in [0.2, 0.25) is 16.3 Å². The van der Waals surface area contributed by atoms with Crippen molar-refractivity contribution >= 4 is 16.3 Å². The van der Waals surface area contributed by atoms with Crippen LogP contribution in [-0.2, 0) is 28.9 Å². The van der Waals surface area contributed by atoms with Gasteiger partial charge in [-0.15, -0.1) is 0 Å². The highest BCUT2D eigenvalue weighted by Gasteiger charge is 2.47. The highest BCUT2D eigenvalue weighted by atomic mass is 32.3. The molecular formula is C48H94N2O11S. The molecule has 1 rings (SSSR count). The van der Waals surface area contributed by atoms with Crippen molar-refractivity contribution in [2.24, 2.45) is 0 Å². The number of ether oxygens (including phenoxy) is 2. The summed E-state index contributed by atoms with van der Waals surface area (Å²) in [6.07, 6.45) is 36.1. The van der Waals surface area contributed by atoms with Gasteiger partial charge in [0.25, 0.3) is 0 Å². The first kappa shape index (κ1) is 60.5. The number of aliphatic hydroxyl groups excluding tert-OH is 4. The van der Waals surface area contributed by atoms with Crippen LogP contribution >= 0.6 is 0 Å². The maximum atomic E-state index is 13.0. The van der Waals surface area contributed by atoms with Crippen molar-refractivity contribution in [1.29, 1.82) is 0 Å². The van der Waals surface area contributed by atoms with Crippen LogP contribution in [0.1, 0.15) is 219 Å². The van der Waals surface area contributed by atoms with Gasteiger partial charge in [0.05, 0.1) is 25.4 Å². The molecule has 0 aliphatic carbocycles. The lowest BCUT2D eigenvalue weighted by molar-refractivity contribution is -0.298. The monoisotopic (exact) mass is 907 g/mol. The van der Waals surface area contributed by atoms with E-state index in [1.807, 2.05) is 6.08 Å². The van der Waals surface area contributed by atoms with E-state index in [1.165, 1.54) is 154 Å². The molecule has 0 aromatic heterocycles. The molecule has 0 aromatic rings. The van der Waals surface area contributed by atoms with Gasteiger partial charge >= 0.3 is 0 Å². The summed E-state index contributed by atoms with van der Waals surface area (Å²) in [5.41, 5.74) is 0. The fourth-order valence-electron chi connectivity index (χ4n) is 7.86. The van der Waals surface area contributed by atoms with Gasteiger partial charge in [-0.25, -0.2) is 8.42 Å². The fraction of sp³-hybridized carbons (Fsp3) is 0.896. The van der Waals surface area contributed by atoms with Gasteiger partial charge < -0.3 is 45.9 Å². The number of allylic oxidation sites excluding steroid dienone is 3. The summed E-state index contributed by atoms with van der Waals surface area (Å²) in [4.78, 5) is 13.0. The number of carbonyl (C=O) groups is 1. The molecule has 1 aliphatic heterocycles. The van der Waals surface area contributed by atoms with Gasteiger partial charge in [0.1, 0.15) is 24.4 Å². The number of amides is 1. The third-order valence-electron chi connectivity index (χ3n) is 11.7. The number of aliphatic hydroxyl groups is 4. The molecule has 1 saturated heterocycles. The number of hydrogen-bond donors (Lipinski definition) is 6. The lowest BCUT2D eigenvalue weighted by Crippen LogP contribution is -2.61. The molecule has 1 aliphatic rings. The lowest BCUT2D eigenvalue weighted by Gasteiger charge is -2.42. The normalized spacial score (nSPS) is 20.5. The van der Waals surface area contributed by atoms with E-state index >= 15 is 0 Å². The first-order valence-corrected chi connectivity index (χ1v) is 26.0.